The van der Waals surface area contributed by atoms with Gasteiger partial charge >= 0.3 is 12.8 Å². The molecular formula is C27H22F5N3O. The zero-order valence-corrected chi connectivity index (χ0v) is 19.3. The molecule has 0 amide bonds. The van der Waals surface area contributed by atoms with E-state index in [4.69, 9.17) is 0 Å². The largest absolute Gasteiger partial charge is 0.435 e. The number of fused-ring (bicyclic) bond motifs is 1. The van der Waals surface area contributed by atoms with E-state index in [9.17, 15) is 27.2 Å². The second-order valence-electron chi connectivity index (χ2n) is 8.45. The van der Waals surface area contributed by atoms with Gasteiger partial charge in [-0.3, -0.25) is 4.98 Å². The number of ether oxygens (including phenoxy) is 1. The molecule has 2 aromatic carbocycles. The van der Waals surface area contributed by atoms with Gasteiger partial charge in [-0.25, -0.2) is 0 Å². The summed E-state index contributed by atoms with van der Waals surface area (Å²) < 4.78 is 70.3. The first-order chi connectivity index (χ1) is 17.2. The van der Waals surface area contributed by atoms with Crippen LogP contribution >= 0.6 is 0 Å². The van der Waals surface area contributed by atoms with Gasteiger partial charge in [0, 0.05) is 23.3 Å². The number of aryl methyl sites for hydroxylation is 1. The second kappa shape index (κ2) is 10.4. The first kappa shape index (κ1) is 25.2. The molecule has 2 heterocycles. The number of nitriles is 1. The minimum atomic E-state index is -4.21. The number of pyridine rings is 1. The summed E-state index contributed by atoms with van der Waals surface area (Å²) in [5.74, 6) is -1.41. The quantitative estimate of drug-likeness (QED) is 0.234. The molecule has 1 atom stereocenters. The third kappa shape index (κ3) is 5.33. The molecule has 4 rings (SSSR count). The highest BCUT2D eigenvalue weighted by atomic mass is 19.4. The minimum Gasteiger partial charge on any atom is -0.435 e. The Labute approximate surface area is 204 Å². The van der Waals surface area contributed by atoms with E-state index in [-0.39, 0.29) is 12.2 Å². The number of hydrogen-bond acceptors (Lipinski definition) is 3. The number of benzene rings is 2. The molecule has 1 unspecified atom stereocenters. The highest BCUT2D eigenvalue weighted by molar-refractivity contribution is 5.96. The lowest BCUT2D eigenvalue weighted by atomic mass is 10.0. The Morgan fingerprint density at radius 3 is 2.42 bits per heavy atom. The van der Waals surface area contributed by atoms with Crippen molar-refractivity contribution in [2.75, 3.05) is 0 Å². The summed E-state index contributed by atoms with van der Waals surface area (Å²) in [6.45, 7) is -1.82. The Morgan fingerprint density at radius 2 is 1.81 bits per heavy atom. The fraction of sp³-hybridized carbons (Fsp3) is 0.259. The van der Waals surface area contributed by atoms with E-state index in [1.165, 1.54) is 19.1 Å². The van der Waals surface area contributed by atoms with Crippen LogP contribution < -0.4 is 4.74 Å². The summed E-state index contributed by atoms with van der Waals surface area (Å²) in [6, 6.07) is 19.2. The van der Waals surface area contributed by atoms with Gasteiger partial charge < -0.3 is 9.30 Å². The van der Waals surface area contributed by atoms with Gasteiger partial charge in [0.15, 0.2) is 0 Å². The summed E-state index contributed by atoms with van der Waals surface area (Å²) >= 11 is 0. The maximum atomic E-state index is 12.8. The van der Waals surface area contributed by atoms with Gasteiger partial charge in [0.1, 0.15) is 11.8 Å². The maximum absolute atomic E-state index is 12.8. The molecular weight excluding hydrogens is 477 g/mol. The lowest BCUT2D eigenvalue weighted by Gasteiger charge is -2.15. The van der Waals surface area contributed by atoms with Gasteiger partial charge in [-0.15, -0.1) is 0 Å². The Hall–Kier alpha value is -3.93. The Morgan fingerprint density at radius 1 is 1.06 bits per heavy atom. The van der Waals surface area contributed by atoms with Crippen LogP contribution in [-0.2, 0) is 6.42 Å². The molecule has 9 heteroatoms. The van der Waals surface area contributed by atoms with Gasteiger partial charge in [-0.05, 0) is 55.2 Å². The van der Waals surface area contributed by atoms with Crippen molar-refractivity contribution in [3.63, 3.8) is 0 Å². The van der Waals surface area contributed by atoms with Crippen molar-refractivity contribution in [2.45, 2.75) is 39.0 Å². The second-order valence-corrected chi connectivity index (χ2v) is 8.45. The number of para-hydroxylation sites is 1. The standard InChI is InChI=1S/C27H22F5N3O/c1-17(27(30,31)32)6-5-7-18-10-13-23(34-16-18)25-22(15-33)21-12-11-20(36-26(28)29)14-24(21)35(25)19-8-3-2-4-9-19/h2-4,8-14,16-17,26H,5-7H2,1H3. The fourth-order valence-electron chi connectivity index (χ4n) is 4.13. The number of rotatable bonds is 8. The predicted molar refractivity (Wildman–Crippen MR) is 126 cm³/mol. The van der Waals surface area contributed by atoms with Gasteiger partial charge in [-0.2, -0.15) is 27.2 Å². The van der Waals surface area contributed by atoms with E-state index >= 15 is 0 Å². The van der Waals surface area contributed by atoms with Crippen LogP contribution in [0.3, 0.4) is 0 Å². The third-order valence-corrected chi connectivity index (χ3v) is 6.02. The van der Waals surface area contributed by atoms with Crippen molar-refractivity contribution in [3.05, 3.63) is 78.0 Å². The molecule has 0 bridgehead atoms. The van der Waals surface area contributed by atoms with E-state index in [0.29, 0.717) is 46.4 Å². The van der Waals surface area contributed by atoms with Crippen molar-refractivity contribution in [1.82, 2.24) is 9.55 Å². The normalized spacial score (nSPS) is 12.6. The summed E-state index contributed by atoms with van der Waals surface area (Å²) in [4.78, 5) is 4.51. The van der Waals surface area contributed by atoms with Gasteiger partial charge in [0.2, 0.25) is 0 Å². The number of alkyl halides is 5. The number of aromatic nitrogens is 2. The molecule has 0 N–H and O–H groups in total. The average molecular weight is 499 g/mol. The van der Waals surface area contributed by atoms with Crippen LogP contribution in [0, 0.1) is 17.2 Å². The maximum Gasteiger partial charge on any atom is 0.391 e. The first-order valence-electron chi connectivity index (χ1n) is 11.3. The van der Waals surface area contributed by atoms with Crippen molar-refractivity contribution in [2.24, 2.45) is 5.92 Å². The number of nitrogens with zero attached hydrogens (tertiary/aromatic N) is 3. The number of halogens is 5. The van der Waals surface area contributed by atoms with Crippen molar-refractivity contribution >= 4 is 10.9 Å². The Kier molecular flexibility index (Phi) is 7.25. The molecule has 36 heavy (non-hydrogen) atoms. The van der Waals surface area contributed by atoms with Crippen LogP contribution in [0.2, 0.25) is 0 Å². The lowest BCUT2D eigenvalue weighted by Crippen LogP contribution is -2.19. The molecule has 0 aliphatic heterocycles. The molecule has 0 aliphatic rings. The molecule has 0 spiro atoms. The predicted octanol–water partition coefficient (Wildman–Crippen LogP) is 7.69. The summed E-state index contributed by atoms with van der Waals surface area (Å²) in [7, 11) is 0. The molecule has 4 nitrogen and oxygen atoms in total. The third-order valence-electron chi connectivity index (χ3n) is 6.02. The fourth-order valence-corrected chi connectivity index (χ4v) is 4.13. The summed E-state index contributed by atoms with van der Waals surface area (Å²) in [5.41, 5.74) is 3.23. The highest BCUT2D eigenvalue weighted by Gasteiger charge is 2.35. The van der Waals surface area contributed by atoms with Crippen molar-refractivity contribution in [3.8, 4) is 28.9 Å². The molecule has 0 fully saturated rings. The van der Waals surface area contributed by atoms with Gasteiger partial charge in [0.25, 0.3) is 0 Å². The van der Waals surface area contributed by atoms with Crippen molar-refractivity contribution < 1.29 is 26.7 Å². The zero-order chi connectivity index (χ0) is 25.9. The van der Waals surface area contributed by atoms with Crippen LogP contribution in [0.25, 0.3) is 28.0 Å². The first-order valence-corrected chi connectivity index (χ1v) is 11.3. The van der Waals surface area contributed by atoms with Crippen LogP contribution in [-0.4, -0.2) is 22.3 Å². The monoisotopic (exact) mass is 499 g/mol. The van der Waals surface area contributed by atoms with Crippen molar-refractivity contribution in [1.29, 1.82) is 5.26 Å². The Balaban J connectivity index is 1.74. The molecule has 2 aromatic heterocycles. The summed E-state index contributed by atoms with van der Waals surface area (Å²) in [5, 5.41) is 10.6. The molecule has 0 radical (unpaired) electrons. The van der Waals surface area contributed by atoms with Crippen LogP contribution in [0.15, 0.2) is 66.9 Å². The molecule has 0 aliphatic carbocycles. The minimum absolute atomic E-state index is 0.0229. The zero-order valence-electron chi connectivity index (χ0n) is 19.3. The van der Waals surface area contributed by atoms with E-state index in [1.54, 1.807) is 29.0 Å². The SMILES string of the molecule is CC(CCCc1ccc(-c2c(C#N)c3ccc(OC(F)F)cc3n2-c2ccccc2)nc1)C(F)(F)F. The highest BCUT2D eigenvalue weighted by Crippen LogP contribution is 2.37. The smallest absolute Gasteiger partial charge is 0.391 e. The van der Waals surface area contributed by atoms with Crippen LogP contribution in [0.5, 0.6) is 5.75 Å². The molecule has 4 aromatic rings. The molecule has 186 valence electrons. The summed E-state index contributed by atoms with van der Waals surface area (Å²) in [6.07, 6.45) is -1.79. The van der Waals surface area contributed by atoms with E-state index in [1.807, 2.05) is 30.3 Å². The van der Waals surface area contributed by atoms with Gasteiger partial charge in [-0.1, -0.05) is 31.2 Å². The topological polar surface area (TPSA) is 50.8 Å². The van der Waals surface area contributed by atoms with Gasteiger partial charge in [0.05, 0.1) is 28.4 Å². The van der Waals surface area contributed by atoms with E-state index in [0.717, 1.165) is 5.56 Å². The van der Waals surface area contributed by atoms with E-state index < -0.39 is 18.7 Å². The average Bonchev–Trinajstić information content (AvgIpc) is 3.17. The van der Waals surface area contributed by atoms with Crippen LogP contribution in [0.1, 0.15) is 30.9 Å². The van der Waals surface area contributed by atoms with E-state index in [2.05, 4.69) is 15.8 Å². The molecule has 0 saturated carbocycles. The lowest BCUT2D eigenvalue weighted by molar-refractivity contribution is -0.171. The molecule has 0 saturated heterocycles. The van der Waals surface area contributed by atoms with Crippen LogP contribution in [0.4, 0.5) is 22.0 Å². The number of hydrogen-bond donors (Lipinski definition) is 0. The Bertz CT molecular complexity index is 1370.